The highest BCUT2D eigenvalue weighted by atomic mass is 19.1. The van der Waals surface area contributed by atoms with Gasteiger partial charge in [-0.1, -0.05) is 0 Å². The Hall–Kier alpha value is -2.24. The summed E-state index contributed by atoms with van der Waals surface area (Å²) >= 11 is 0. The number of carboxylic acid groups (broad SMARTS) is 1. The van der Waals surface area contributed by atoms with E-state index in [0.29, 0.717) is 5.69 Å². The van der Waals surface area contributed by atoms with Gasteiger partial charge in [0, 0.05) is 12.3 Å². The van der Waals surface area contributed by atoms with Crippen molar-refractivity contribution in [2.24, 2.45) is 0 Å². The van der Waals surface area contributed by atoms with E-state index in [0.717, 1.165) is 18.2 Å². The molecule has 1 heterocycles. The molecule has 6 heteroatoms. The van der Waals surface area contributed by atoms with E-state index in [1.165, 1.54) is 23.9 Å². The molecule has 1 aromatic carbocycles. The first-order valence-electron chi connectivity index (χ1n) is 5.22. The Bertz CT molecular complexity index is 575. The quantitative estimate of drug-likeness (QED) is 0.912. The van der Waals surface area contributed by atoms with E-state index in [-0.39, 0.29) is 5.69 Å². The molecule has 0 saturated carbocycles. The maximum atomic E-state index is 13.0. The molecular formula is C12H10F2N2O2. The van der Waals surface area contributed by atoms with E-state index in [2.05, 4.69) is 5.10 Å². The Morgan fingerprint density at radius 2 is 1.94 bits per heavy atom. The van der Waals surface area contributed by atoms with Gasteiger partial charge in [0.15, 0.2) is 0 Å². The molecule has 2 rings (SSSR count). The number of hydrogen-bond donors (Lipinski definition) is 1. The number of nitrogens with zero attached hydrogens (tertiary/aromatic N) is 2. The van der Waals surface area contributed by atoms with E-state index >= 15 is 0 Å². The van der Waals surface area contributed by atoms with Gasteiger partial charge in [-0.25, -0.2) is 13.5 Å². The van der Waals surface area contributed by atoms with Gasteiger partial charge < -0.3 is 5.11 Å². The summed E-state index contributed by atoms with van der Waals surface area (Å²) in [6, 6.07) is 4.49. The first-order valence-corrected chi connectivity index (χ1v) is 5.22. The smallest absolute Gasteiger partial charge is 0.312 e. The number of rotatable bonds is 3. The lowest BCUT2D eigenvalue weighted by molar-refractivity contribution is -0.138. The fraction of sp³-hybridized carbons (Fsp3) is 0.167. The molecule has 4 nitrogen and oxygen atoms in total. The highest BCUT2D eigenvalue weighted by molar-refractivity contribution is 5.74. The maximum absolute atomic E-state index is 13.0. The summed E-state index contributed by atoms with van der Waals surface area (Å²) in [5, 5.41) is 12.8. The third kappa shape index (κ3) is 2.37. The molecule has 2 aromatic rings. The minimum absolute atomic E-state index is 0.205. The van der Waals surface area contributed by atoms with Crippen molar-refractivity contribution in [3.05, 3.63) is 47.8 Å². The van der Waals surface area contributed by atoms with E-state index in [4.69, 9.17) is 5.11 Å². The number of hydrogen-bond acceptors (Lipinski definition) is 2. The van der Waals surface area contributed by atoms with Gasteiger partial charge in [-0.15, -0.1) is 0 Å². The SMILES string of the molecule is CC(C(=O)O)c1ccn(-c2cc(F)cc(F)c2)n1. The van der Waals surface area contributed by atoms with E-state index in [9.17, 15) is 13.6 Å². The molecule has 0 aliphatic carbocycles. The van der Waals surface area contributed by atoms with Crippen molar-refractivity contribution in [2.45, 2.75) is 12.8 Å². The van der Waals surface area contributed by atoms with Gasteiger partial charge in [0.25, 0.3) is 0 Å². The third-order valence-corrected chi connectivity index (χ3v) is 2.54. The highest BCUT2D eigenvalue weighted by Gasteiger charge is 2.16. The van der Waals surface area contributed by atoms with Crippen LogP contribution >= 0.6 is 0 Å². The first-order chi connectivity index (χ1) is 8.47. The van der Waals surface area contributed by atoms with Crippen LogP contribution in [0.4, 0.5) is 8.78 Å². The van der Waals surface area contributed by atoms with Gasteiger partial charge in [-0.2, -0.15) is 5.10 Å². The number of carbonyl (C=O) groups is 1. The Morgan fingerprint density at radius 3 is 2.50 bits per heavy atom. The van der Waals surface area contributed by atoms with E-state index in [1.807, 2.05) is 0 Å². The van der Waals surface area contributed by atoms with E-state index in [1.54, 1.807) is 0 Å². The second-order valence-corrected chi connectivity index (χ2v) is 3.87. The number of aliphatic carboxylic acids is 1. The molecule has 1 unspecified atom stereocenters. The zero-order valence-corrected chi connectivity index (χ0v) is 9.47. The molecule has 1 atom stereocenters. The van der Waals surface area contributed by atoms with Crippen LogP contribution in [0.1, 0.15) is 18.5 Å². The predicted molar refractivity (Wildman–Crippen MR) is 59.5 cm³/mol. The van der Waals surface area contributed by atoms with Crippen molar-refractivity contribution in [2.75, 3.05) is 0 Å². The van der Waals surface area contributed by atoms with Gasteiger partial charge in [-0.3, -0.25) is 4.79 Å². The third-order valence-electron chi connectivity index (χ3n) is 2.54. The van der Waals surface area contributed by atoms with Crippen LogP contribution in [0.15, 0.2) is 30.5 Å². The van der Waals surface area contributed by atoms with Gasteiger partial charge in [0.05, 0.1) is 17.3 Å². The lowest BCUT2D eigenvalue weighted by Crippen LogP contribution is -2.08. The monoisotopic (exact) mass is 252 g/mol. The second kappa shape index (κ2) is 4.56. The number of halogens is 2. The molecule has 1 aromatic heterocycles. The van der Waals surface area contributed by atoms with Crippen LogP contribution < -0.4 is 0 Å². The fourth-order valence-electron chi connectivity index (χ4n) is 1.51. The summed E-state index contributed by atoms with van der Waals surface area (Å²) in [6.45, 7) is 1.49. The van der Waals surface area contributed by atoms with Crippen LogP contribution in [0.5, 0.6) is 0 Å². The molecule has 0 fully saturated rings. The Balaban J connectivity index is 2.37. The molecule has 1 N–H and O–H groups in total. The Kier molecular flexibility index (Phi) is 3.10. The second-order valence-electron chi connectivity index (χ2n) is 3.87. The minimum atomic E-state index is -1.01. The average Bonchev–Trinajstić information content (AvgIpc) is 2.75. The predicted octanol–water partition coefficient (Wildman–Crippen LogP) is 2.34. The molecule has 0 saturated heterocycles. The molecule has 0 spiro atoms. The normalized spacial score (nSPS) is 12.4. The number of benzene rings is 1. The van der Waals surface area contributed by atoms with Crippen LogP contribution in [-0.4, -0.2) is 20.9 Å². The van der Waals surface area contributed by atoms with Crippen molar-refractivity contribution in [3.8, 4) is 5.69 Å². The molecule has 0 aliphatic rings. The van der Waals surface area contributed by atoms with Crippen molar-refractivity contribution in [3.63, 3.8) is 0 Å². The molecule has 18 heavy (non-hydrogen) atoms. The van der Waals surface area contributed by atoms with Crippen molar-refractivity contribution < 1.29 is 18.7 Å². The van der Waals surface area contributed by atoms with E-state index < -0.39 is 23.5 Å². The van der Waals surface area contributed by atoms with Crippen LogP contribution in [-0.2, 0) is 4.79 Å². The molecule has 0 aliphatic heterocycles. The molecule has 94 valence electrons. The van der Waals surface area contributed by atoms with Crippen LogP contribution in [0.2, 0.25) is 0 Å². The first kappa shape index (κ1) is 12.2. The van der Waals surface area contributed by atoms with Crippen molar-refractivity contribution >= 4 is 5.97 Å². The van der Waals surface area contributed by atoms with Gasteiger partial charge >= 0.3 is 5.97 Å². The van der Waals surface area contributed by atoms with Crippen molar-refractivity contribution in [1.29, 1.82) is 0 Å². The zero-order chi connectivity index (χ0) is 13.3. The largest absolute Gasteiger partial charge is 0.481 e. The van der Waals surface area contributed by atoms with Gasteiger partial charge in [-0.05, 0) is 25.1 Å². The summed E-state index contributed by atoms with van der Waals surface area (Å²) < 4.78 is 27.3. The van der Waals surface area contributed by atoms with Crippen LogP contribution in [0, 0.1) is 11.6 Å². The summed E-state index contributed by atoms with van der Waals surface area (Å²) in [5.41, 5.74) is 0.531. The van der Waals surface area contributed by atoms with Crippen LogP contribution in [0.25, 0.3) is 5.69 Å². The highest BCUT2D eigenvalue weighted by Crippen LogP contribution is 2.16. The lowest BCUT2D eigenvalue weighted by Gasteiger charge is -2.03. The summed E-state index contributed by atoms with van der Waals surface area (Å²) in [7, 11) is 0. The van der Waals surface area contributed by atoms with Gasteiger partial charge in [0.1, 0.15) is 11.6 Å². The van der Waals surface area contributed by atoms with Crippen molar-refractivity contribution in [1.82, 2.24) is 9.78 Å². The summed E-state index contributed by atoms with van der Waals surface area (Å²) in [4.78, 5) is 10.8. The molecule has 0 amide bonds. The molecular weight excluding hydrogens is 242 g/mol. The summed E-state index contributed by atoms with van der Waals surface area (Å²) in [6.07, 6.45) is 1.46. The number of aromatic nitrogens is 2. The standard InChI is InChI=1S/C12H10F2N2O2/c1-7(12(17)18)11-2-3-16(15-11)10-5-8(13)4-9(14)6-10/h2-7H,1H3,(H,17,18). The topological polar surface area (TPSA) is 55.1 Å². The lowest BCUT2D eigenvalue weighted by atomic mass is 10.1. The Morgan fingerprint density at radius 1 is 1.33 bits per heavy atom. The van der Waals surface area contributed by atoms with Gasteiger partial charge in [0.2, 0.25) is 0 Å². The fourth-order valence-corrected chi connectivity index (χ4v) is 1.51. The minimum Gasteiger partial charge on any atom is -0.481 e. The average molecular weight is 252 g/mol. The maximum Gasteiger partial charge on any atom is 0.312 e. The summed E-state index contributed by atoms with van der Waals surface area (Å²) in [5.74, 6) is -3.21. The Labute approximate surface area is 101 Å². The zero-order valence-electron chi connectivity index (χ0n) is 9.47. The van der Waals surface area contributed by atoms with Crippen LogP contribution in [0.3, 0.4) is 0 Å². The number of carboxylic acids is 1. The molecule has 0 bridgehead atoms. The molecule has 0 radical (unpaired) electrons.